The Labute approximate surface area is 282 Å². The van der Waals surface area contributed by atoms with E-state index in [2.05, 4.69) is 70.2 Å². The number of nitrogens with zero attached hydrogens (tertiary/aromatic N) is 2. The van der Waals surface area contributed by atoms with Gasteiger partial charge >= 0.3 is 0 Å². The highest BCUT2D eigenvalue weighted by Crippen LogP contribution is 2.31. The summed E-state index contributed by atoms with van der Waals surface area (Å²) >= 11 is 0. The van der Waals surface area contributed by atoms with Crippen molar-refractivity contribution in [2.24, 2.45) is 0 Å². The van der Waals surface area contributed by atoms with Crippen LogP contribution in [0.5, 0.6) is 0 Å². The zero-order valence-corrected chi connectivity index (χ0v) is 28.3. The zero-order chi connectivity index (χ0) is 33.6. The van der Waals surface area contributed by atoms with Crippen LogP contribution in [0.3, 0.4) is 0 Å². The van der Waals surface area contributed by atoms with Crippen molar-refractivity contribution >= 4 is 37.2 Å². The van der Waals surface area contributed by atoms with Crippen LogP contribution in [0.2, 0.25) is 0 Å². The van der Waals surface area contributed by atoms with Gasteiger partial charge in [0, 0.05) is 36.5 Å². The maximum atomic E-state index is 11.6. The van der Waals surface area contributed by atoms with Gasteiger partial charge in [-0.05, 0) is 90.2 Å². The third-order valence-electron chi connectivity index (χ3n) is 8.01. The first kappa shape index (κ1) is 36.2. The largest absolute Gasteiger partial charge is 0.870 e. The lowest BCUT2D eigenvalue weighted by Crippen LogP contribution is -2.22. The average Bonchev–Trinajstić information content (AvgIpc) is 3.07. The van der Waals surface area contributed by atoms with E-state index in [4.69, 9.17) is 0 Å². The third-order valence-corrected chi connectivity index (χ3v) is 9.71. The van der Waals surface area contributed by atoms with Crippen LogP contribution in [0, 0.1) is 0 Å². The van der Waals surface area contributed by atoms with Crippen LogP contribution in [0.4, 0.5) is 5.69 Å². The summed E-state index contributed by atoms with van der Waals surface area (Å²) in [5.74, 6) is 0. The van der Waals surface area contributed by atoms with Gasteiger partial charge in [0.25, 0.3) is 20.2 Å². The summed E-state index contributed by atoms with van der Waals surface area (Å²) in [6.07, 6.45) is 8.29. The zero-order valence-electron chi connectivity index (χ0n) is 26.6. The van der Waals surface area contributed by atoms with E-state index in [0.717, 1.165) is 44.8 Å². The second kappa shape index (κ2) is 15.5. The first-order valence-corrected chi connectivity index (χ1v) is 18.1. The molecular formula is C37H38N2O7S2. The minimum atomic E-state index is -4.28. The smallest absolute Gasteiger partial charge is 0.294 e. The van der Waals surface area contributed by atoms with Gasteiger partial charge in [0.15, 0.2) is 12.3 Å². The summed E-state index contributed by atoms with van der Waals surface area (Å²) in [5, 5.41) is 0. The predicted molar refractivity (Wildman–Crippen MR) is 188 cm³/mol. The normalized spacial score (nSPS) is 12.8. The number of hydrogen-bond donors (Lipinski definition) is 2. The molecule has 0 unspecified atom stereocenters. The fourth-order valence-corrected chi connectivity index (χ4v) is 6.71. The summed E-state index contributed by atoms with van der Waals surface area (Å²) in [6, 6.07) is 31.1. The number of allylic oxidation sites excluding steroid dienone is 5. The first-order valence-electron chi connectivity index (χ1n) is 15.2. The molecule has 0 fully saturated rings. The van der Waals surface area contributed by atoms with Gasteiger partial charge < -0.3 is 10.4 Å². The van der Waals surface area contributed by atoms with Crippen LogP contribution in [0.25, 0.3) is 5.57 Å². The van der Waals surface area contributed by atoms with Gasteiger partial charge in [0.05, 0.1) is 9.79 Å². The lowest BCUT2D eigenvalue weighted by Gasteiger charge is -2.24. The van der Waals surface area contributed by atoms with E-state index < -0.39 is 20.2 Å². The summed E-state index contributed by atoms with van der Waals surface area (Å²) in [6.45, 7) is 6.41. The van der Waals surface area contributed by atoms with E-state index in [9.17, 15) is 25.9 Å². The minimum Gasteiger partial charge on any atom is -0.870 e. The van der Waals surface area contributed by atoms with Crippen molar-refractivity contribution in [1.29, 1.82) is 0 Å². The Morgan fingerprint density at radius 1 is 0.667 bits per heavy atom. The molecule has 3 N–H and O–H groups in total. The third kappa shape index (κ3) is 8.82. The Balaban J connectivity index is 0.00000520. The number of anilines is 1. The van der Waals surface area contributed by atoms with Crippen molar-refractivity contribution in [2.45, 2.75) is 36.7 Å². The number of hydrogen-bond acceptors (Lipinski definition) is 6. The van der Waals surface area contributed by atoms with Gasteiger partial charge in [-0.1, -0.05) is 66.7 Å². The van der Waals surface area contributed by atoms with E-state index in [1.54, 1.807) is 12.1 Å². The molecule has 48 heavy (non-hydrogen) atoms. The molecular weight excluding hydrogens is 649 g/mol. The fourth-order valence-electron chi connectivity index (χ4n) is 5.60. The Kier molecular flexibility index (Phi) is 11.7. The first-order chi connectivity index (χ1) is 22.5. The summed E-state index contributed by atoms with van der Waals surface area (Å²) < 4.78 is 67.6. The van der Waals surface area contributed by atoms with Crippen molar-refractivity contribution < 1.29 is 36.0 Å². The van der Waals surface area contributed by atoms with Crippen molar-refractivity contribution in [3.05, 3.63) is 155 Å². The molecule has 0 aromatic heterocycles. The number of benzene rings is 4. The molecule has 4 aromatic rings. The Morgan fingerprint density at radius 2 is 1.21 bits per heavy atom. The molecule has 0 heterocycles. The second-order valence-corrected chi connectivity index (χ2v) is 14.0. The summed E-state index contributed by atoms with van der Waals surface area (Å²) in [7, 11) is -8.57. The lowest BCUT2D eigenvalue weighted by molar-refractivity contribution is -0.539. The van der Waals surface area contributed by atoms with Gasteiger partial charge in [0.1, 0.15) is 6.54 Å². The Hall–Kier alpha value is -4.65. The molecule has 11 heteroatoms. The van der Waals surface area contributed by atoms with E-state index in [1.807, 2.05) is 44.2 Å². The Bertz CT molecular complexity index is 2080. The van der Waals surface area contributed by atoms with Crippen LogP contribution in [0.15, 0.2) is 143 Å². The highest BCUT2D eigenvalue weighted by molar-refractivity contribution is 7.86. The number of rotatable bonds is 11. The molecule has 0 radical (unpaired) electrons. The van der Waals surface area contributed by atoms with Gasteiger partial charge in [0.2, 0.25) is 0 Å². The van der Waals surface area contributed by atoms with Crippen LogP contribution in [-0.4, -0.2) is 54.8 Å². The molecule has 1 aliphatic rings. The van der Waals surface area contributed by atoms with Gasteiger partial charge in [-0.2, -0.15) is 16.8 Å². The predicted octanol–water partition coefficient (Wildman–Crippen LogP) is 6.63. The molecule has 0 amide bonds. The summed E-state index contributed by atoms with van der Waals surface area (Å²) in [4.78, 5) is 1.89. The van der Waals surface area contributed by atoms with Crippen LogP contribution < -0.4 is 4.90 Å². The molecule has 0 atom stereocenters. The standard InChI is InChI=1S/C37H36N2O6S2.H2O/c1-3-38(26-28-10-8-14-35(24-28)46(40,41)42)33-20-16-31(17-21-33)37(30-12-6-5-7-13-30)32-18-22-34(23-19-32)39(4-2)27-29-11-9-15-36(25-29)47(43,44)45;/h5-25H,3-4,26-27H2,1-2H3,(H-,40,41,42,43,44,45);1H2. The van der Waals surface area contributed by atoms with Crippen LogP contribution >= 0.6 is 0 Å². The summed E-state index contributed by atoms with van der Waals surface area (Å²) in [5.41, 5.74) is 7.71. The SMILES string of the molecule is CCN(Cc1cccc(S(=O)(=O)O)c1)c1ccc(C(=C2C=CC(=[N+](CC)Cc3cccc(S(=O)(=O)O)c3)C=C2)c2ccccc2)cc1.[OH-]. The minimum absolute atomic E-state index is 0. The van der Waals surface area contributed by atoms with E-state index in [0.29, 0.717) is 26.2 Å². The topological polar surface area (TPSA) is 145 Å². The van der Waals surface area contributed by atoms with Crippen molar-refractivity contribution in [3.8, 4) is 0 Å². The maximum Gasteiger partial charge on any atom is 0.294 e. The van der Waals surface area contributed by atoms with Crippen molar-refractivity contribution in [2.75, 3.05) is 18.0 Å². The molecule has 1 aliphatic carbocycles. The van der Waals surface area contributed by atoms with Crippen molar-refractivity contribution in [3.63, 3.8) is 0 Å². The van der Waals surface area contributed by atoms with E-state index in [1.165, 1.54) is 24.3 Å². The van der Waals surface area contributed by atoms with Gasteiger partial charge in [-0.25, -0.2) is 4.58 Å². The Morgan fingerprint density at radius 3 is 1.75 bits per heavy atom. The monoisotopic (exact) mass is 686 g/mol. The van der Waals surface area contributed by atoms with Gasteiger partial charge in [-0.3, -0.25) is 9.11 Å². The molecule has 0 bridgehead atoms. The maximum absolute atomic E-state index is 11.6. The second-order valence-electron chi connectivity index (χ2n) is 11.1. The van der Waals surface area contributed by atoms with E-state index >= 15 is 0 Å². The van der Waals surface area contributed by atoms with Gasteiger partial charge in [-0.15, -0.1) is 0 Å². The molecule has 0 aliphatic heterocycles. The average molecular weight is 687 g/mol. The molecule has 250 valence electrons. The highest BCUT2D eigenvalue weighted by atomic mass is 32.2. The molecule has 4 aromatic carbocycles. The molecule has 9 nitrogen and oxygen atoms in total. The fraction of sp³-hybridized carbons (Fsp3) is 0.162. The molecule has 0 saturated carbocycles. The highest BCUT2D eigenvalue weighted by Gasteiger charge is 2.18. The van der Waals surface area contributed by atoms with Crippen molar-refractivity contribution in [1.82, 2.24) is 0 Å². The van der Waals surface area contributed by atoms with Crippen LogP contribution in [0.1, 0.15) is 36.1 Å². The van der Waals surface area contributed by atoms with Crippen LogP contribution in [-0.2, 0) is 33.3 Å². The lowest BCUT2D eigenvalue weighted by atomic mass is 9.90. The van der Waals surface area contributed by atoms with E-state index in [-0.39, 0.29) is 15.3 Å². The molecule has 5 rings (SSSR count). The molecule has 0 spiro atoms. The quantitative estimate of drug-likeness (QED) is 0.132. The molecule has 0 saturated heterocycles.